The molecule has 0 radical (unpaired) electrons. The number of nitriles is 1. The molecule has 3 rings (SSSR count). The topological polar surface area (TPSA) is 45.9 Å². The molecule has 1 aromatic carbocycles. The predicted octanol–water partition coefficient (Wildman–Crippen LogP) is 4.39. The second-order valence-corrected chi connectivity index (χ2v) is 5.65. The molecule has 20 heavy (non-hydrogen) atoms. The molecule has 1 aliphatic rings. The van der Waals surface area contributed by atoms with Crippen molar-refractivity contribution in [2.24, 2.45) is 0 Å². The fourth-order valence-electron chi connectivity index (χ4n) is 2.40. The molecule has 0 fully saturated rings. The van der Waals surface area contributed by atoms with Crippen LogP contribution in [-0.4, -0.2) is 4.98 Å². The number of ether oxygens (including phenoxy) is 1. The molecule has 1 aromatic heterocycles. The summed E-state index contributed by atoms with van der Waals surface area (Å²) in [5.41, 5.74) is 2.76. The zero-order chi connectivity index (χ0) is 13.9. The number of aromatic nitrogens is 1. The lowest BCUT2D eigenvalue weighted by Crippen LogP contribution is -2.07. The number of hydrogen-bond donors (Lipinski definition) is 0. The van der Waals surface area contributed by atoms with Gasteiger partial charge >= 0.3 is 0 Å². The number of nitrogens with zero attached hydrogens (tertiary/aromatic N) is 2. The summed E-state index contributed by atoms with van der Waals surface area (Å²) in [4.78, 5) is 4.55. The van der Waals surface area contributed by atoms with Crippen LogP contribution in [0.5, 0.6) is 11.6 Å². The van der Waals surface area contributed by atoms with Gasteiger partial charge in [0.05, 0.1) is 4.47 Å². The first-order valence-electron chi connectivity index (χ1n) is 6.63. The van der Waals surface area contributed by atoms with E-state index in [0.29, 0.717) is 17.2 Å². The first kappa shape index (κ1) is 13.1. The van der Waals surface area contributed by atoms with E-state index in [1.807, 2.05) is 30.3 Å². The summed E-state index contributed by atoms with van der Waals surface area (Å²) in [5, 5.41) is 9.29. The number of pyridine rings is 1. The first-order valence-corrected chi connectivity index (χ1v) is 7.42. The van der Waals surface area contributed by atoms with Gasteiger partial charge < -0.3 is 4.74 Å². The van der Waals surface area contributed by atoms with Crippen LogP contribution in [0.2, 0.25) is 0 Å². The molecule has 0 saturated carbocycles. The second-order valence-electron chi connectivity index (χ2n) is 4.80. The molecular formula is C16H13BrN2O. The monoisotopic (exact) mass is 328 g/mol. The smallest absolute Gasteiger partial charge is 0.237 e. The van der Waals surface area contributed by atoms with E-state index in [4.69, 9.17) is 4.74 Å². The fourth-order valence-corrected chi connectivity index (χ4v) is 2.77. The van der Waals surface area contributed by atoms with E-state index in [2.05, 4.69) is 27.0 Å². The lowest BCUT2D eigenvalue weighted by atomic mass is 9.95. The number of benzene rings is 1. The van der Waals surface area contributed by atoms with E-state index < -0.39 is 0 Å². The van der Waals surface area contributed by atoms with Gasteiger partial charge in [-0.25, -0.2) is 4.98 Å². The molecule has 3 nitrogen and oxygen atoms in total. The van der Waals surface area contributed by atoms with Gasteiger partial charge in [0.1, 0.15) is 17.4 Å². The summed E-state index contributed by atoms with van der Waals surface area (Å²) < 4.78 is 6.67. The Morgan fingerprint density at radius 1 is 1.20 bits per heavy atom. The fraction of sp³-hybridized carbons (Fsp3) is 0.250. The average molecular weight is 329 g/mol. The van der Waals surface area contributed by atoms with Gasteiger partial charge in [-0.2, -0.15) is 5.26 Å². The highest BCUT2D eigenvalue weighted by Gasteiger charge is 2.17. The third-order valence-electron chi connectivity index (χ3n) is 3.43. The van der Waals surface area contributed by atoms with Crippen molar-refractivity contribution in [3.63, 3.8) is 0 Å². The molecule has 2 aromatic rings. The van der Waals surface area contributed by atoms with Crippen LogP contribution in [0.15, 0.2) is 34.8 Å². The maximum atomic E-state index is 9.29. The van der Waals surface area contributed by atoms with Crippen LogP contribution in [0.4, 0.5) is 0 Å². The summed E-state index contributed by atoms with van der Waals surface area (Å²) in [6, 6.07) is 11.7. The van der Waals surface area contributed by atoms with Gasteiger partial charge in [-0.15, -0.1) is 0 Å². The molecule has 0 amide bonds. The summed E-state index contributed by atoms with van der Waals surface area (Å²) in [7, 11) is 0. The molecule has 4 heteroatoms. The van der Waals surface area contributed by atoms with Crippen molar-refractivity contribution >= 4 is 15.9 Å². The maximum absolute atomic E-state index is 9.29. The lowest BCUT2D eigenvalue weighted by Gasteiger charge is -2.17. The number of fused-ring (bicyclic) bond motifs is 1. The number of rotatable bonds is 2. The maximum Gasteiger partial charge on any atom is 0.237 e. The van der Waals surface area contributed by atoms with Crippen LogP contribution < -0.4 is 4.74 Å². The highest BCUT2D eigenvalue weighted by atomic mass is 79.9. The van der Waals surface area contributed by atoms with E-state index in [0.717, 1.165) is 29.4 Å². The van der Waals surface area contributed by atoms with Crippen LogP contribution in [0.3, 0.4) is 0 Å². The van der Waals surface area contributed by atoms with E-state index >= 15 is 0 Å². The van der Waals surface area contributed by atoms with Crippen LogP contribution in [-0.2, 0) is 12.8 Å². The Kier molecular flexibility index (Phi) is 3.70. The van der Waals surface area contributed by atoms with E-state index in [1.165, 1.54) is 12.0 Å². The van der Waals surface area contributed by atoms with Gasteiger partial charge in [0.15, 0.2) is 0 Å². The molecule has 0 aliphatic heterocycles. The van der Waals surface area contributed by atoms with Gasteiger partial charge in [-0.05, 0) is 65.4 Å². The minimum Gasteiger partial charge on any atom is -0.436 e. The molecule has 100 valence electrons. The third-order valence-corrected chi connectivity index (χ3v) is 4.08. The first-order chi connectivity index (χ1) is 9.78. The number of hydrogen-bond acceptors (Lipinski definition) is 3. The molecule has 1 heterocycles. The Hall–Kier alpha value is -1.86. The van der Waals surface area contributed by atoms with Gasteiger partial charge in [0.25, 0.3) is 0 Å². The van der Waals surface area contributed by atoms with Crippen LogP contribution in [0.25, 0.3) is 0 Å². The predicted molar refractivity (Wildman–Crippen MR) is 79.8 cm³/mol. The molecule has 0 atom stereocenters. The number of aryl methyl sites for hydroxylation is 2. The van der Waals surface area contributed by atoms with Gasteiger partial charge in [0.2, 0.25) is 5.88 Å². The highest BCUT2D eigenvalue weighted by Crippen LogP contribution is 2.32. The minimum atomic E-state index is 0.403. The molecule has 0 saturated heterocycles. The van der Waals surface area contributed by atoms with Crippen molar-refractivity contribution in [2.75, 3.05) is 0 Å². The van der Waals surface area contributed by atoms with Crippen LogP contribution in [0.1, 0.15) is 29.7 Å². The normalized spacial score (nSPS) is 13.4. The Morgan fingerprint density at radius 2 is 2.00 bits per heavy atom. The van der Waals surface area contributed by atoms with Crippen LogP contribution in [0, 0.1) is 11.3 Å². The molecule has 0 unspecified atom stereocenters. The Bertz CT molecular complexity index is 691. The molecule has 0 bridgehead atoms. The summed E-state index contributed by atoms with van der Waals surface area (Å²) in [6.07, 6.45) is 4.30. The number of para-hydroxylation sites is 1. The standard InChI is InChI=1S/C16H13BrN2O/c17-13-6-2-4-8-15(13)20-16-12(10-18)9-11-5-1-3-7-14(11)19-16/h2,4,6,8-9H,1,3,5,7H2. The molecular weight excluding hydrogens is 316 g/mol. The Morgan fingerprint density at radius 3 is 2.80 bits per heavy atom. The SMILES string of the molecule is N#Cc1cc2c(nc1Oc1ccccc1Br)CCCC2. The van der Waals surface area contributed by atoms with Crippen molar-refractivity contribution in [2.45, 2.75) is 25.7 Å². The largest absolute Gasteiger partial charge is 0.436 e. The van der Waals surface area contributed by atoms with Crippen LogP contribution >= 0.6 is 15.9 Å². The quantitative estimate of drug-likeness (QED) is 0.821. The second kappa shape index (κ2) is 5.64. The van der Waals surface area contributed by atoms with E-state index in [1.54, 1.807) is 0 Å². The van der Waals surface area contributed by atoms with Crippen molar-refractivity contribution in [1.29, 1.82) is 5.26 Å². The van der Waals surface area contributed by atoms with E-state index in [-0.39, 0.29) is 0 Å². The summed E-state index contributed by atoms with van der Waals surface area (Å²) >= 11 is 3.44. The van der Waals surface area contributed by atoms with Gasteiger partial charge in [0, 0.05) is 5.69 Å². The Labute approximate surface area is 126 Å². The van der Waals surface area contributed by atoms with Crippen molar-refractivity contribution in [3.8, 4) is 17.7 Å². The minimum absolute atomic E-state index is 0.403. The zero-order valence-corrected chi connectivity index (χ0v) is 12.5. The average Bonchev–Trinajstić information content (AvgIpc) is 2.49. The van der Waals surface area contributed by atoms with Crippen molar-refractivity contribution in [3.05, 3.63) is 51.6 Å². The zero-order valence-electron chi connectivity index (χ0n) is 10.9. The third kappa shape index (κ3) is 2.54. The van der Waals surface area contributed by atoms with Gasteiger partial charge in [-0.1, -0.05) is 12.1 Å². The lowest BCUT2D eigenvalue weighted by molar-refractivity contribution is 0.453. The van der Waals surface area contributed by atoms with Gasteiger partial charge in [-0.3, -0.25) is 0 Å². The van der Waals surface area contributed by atoms with E-state index in [9.17, 15) is 5.26 Å². The highest BCUT2D eigenvalue weighted by molar-refractivity contribution is 9.10. The number of halogens is 1. The summed E-state index contributed by atoms with van der Waals surface area (Å²) in [6.45, 7) is 0. The summed E-state index contributed by atoms with van der Waals surface area (Å²) in [5.74, 6) is 1.08. The molecule has 0 N–H and O–H groups in total. The van der Waals surface area contributed by atoms with Crippen molar-refractivity contribution in [1.82, 2.24) is 4.98 Å². The Balaban J connectivity index is 2.01. The molecule has 1 aliphatic carbocycles. The van der Waals surface area contributed by atoms with Crippen molar-refractivity contribution < 1.29 is 4.74 Å². The molecule has 0 spiro atoms.